The molecule has 1 N–H and O–H groups in total. The van der Waals surface area contributed by atoms with Crippen LogP contribution in [-0.2, 0) is 0 Å². The fourth-order valence-corrected chi connectivity index (χ4v) is 2.51. The molecule has 1 atom stereocenters. The van der Waals surface area contributed by atoms with Gasteiger partial charge in [-0.2, -0.15) is 5.10 Å². The topological polar surface area (TPSA) is 89.5 Å². The summed E-state index contributed by atoms with van der Waals surface area (Å²) in [5, 5.41) is 8.34. The Morgan fingerprint density at radius 1 is 1.04 bits per heavy atom. The lowest BCUT2D eigenvalue weighted by Crippen LogP contribution is -2.05. The van der Waals surface area contributed by atoms with Crippen molar-refractivity contribution in [3.63, 3.8) is 0 Å². The van der Waals surface area contributed by atoms with Gasteiger partial charge in [0.05, 0.1) is 11.2 Å². The minimum atomic E-state index is -0.180. The van der Waals surface area contributed by atoms with E-state index in [1.807, 2.05) is 31.2 Å². The highest BCUT2D eigenvalue weighted by Gasteiger charge is 2.12. The molecule has 1 unspecified atom stereocenters. The lowest BCUT2D eigenvalue weighted by Gasteiger charge is -2.14. The SMILES string of the molecule is CC(Oc1ccc2[nH]nc(-c3cncnc3)c2c1)c1ccncn1. The monoisotopic (exact) mass is 318 g/mol. The number of ether oxygens (including phenoxy) is 1. The largest absolute Gasteiger partial charge is 0.484 e. The zero-order valence-corrected chi connectivity index (χ0v) is 12.9. The normalized spacial score (nSPS) is 12.2. The van der Waals surface area contributed by atoms with Gasteiger partial charge in [-0.05, 0) is 31.2 Å². The predicted octanol–water partition coefficient (Wildman–Crippen LogP) is 2.95. The Bertz CT molecular complexity index is 955. The van der Waals surface area contributed by atoms with Crippen molar-refractivity contribution in [2.75, 3.05) is 0 Å². The van der Waals surface area contributed by atoms with Crippen molar-refractivity contribution >= 4 is 10.9 Å². The number of fused-ring (bicyclic) bond motifs is 1. The zero-order valence-electron chi connectivity index (χ0n) is 12.9. The second kappa shape index (κ2) is 6.04. The average Bonchev–Trinajstić information content (AvgIpc) is 3.06. The number of aromatic nitrogens is 6. The number of H-pyrrole nitrogens is 1. The fourth-order valence-electron chi connectivity index (χ4n) is 2.51. The Hall–Kier alpha value is -3.35. The number of rotatable bonds is 4. The molecule has 118 valence electrons. The van der Waals surface area contributed by atoms with Gasteiger partial charge in [-0.1, -0.05) is 0 Å². The molecule has 7 nitrogen and oxygen atoms in total. The zero-order chi connectivity index (χ0) is 16.4. The molecule has 0 aliphatic heterocycles. The Labute approximate surface area is 137 Å². The fraction of sp³-hybridized carbons (Fsp3) is 0.118. The molecule has 1 aromatic carbocycles. The van der Waals surface area contributed by atoms with Gasteiger partial charge in [0.2, 0.25) is 0 Å². The maximum Gasteiger partial charge on any atom is 0.138 e. The summed E-state index contributed by atoms with van der Waals surface area (Å²) in [6, 6.07) is 7.65. The van der Waals surface area contributed by atoms with Crippen LogP contribution in [0.15, 0.2) is 55.5 Å². The molecule has 3 heterocycles. The first-order chi connectivity index (χ1) is 11.8. The summed E-state index contributed by atoms with van der Waals surface area (Å²) >= 11 is 0. The molecule has 0 saturated carbocycles. The molecule has 4 aromatic rings. The molecule has 3 aromatic heterocycles. The molecule has 7 heteroatoms. The molecule has 24 heavy (non-hydrogen) atoms. The van der Waals surface area contributed by atoms with Gasteiger partial charge in [0, 0.05) is 29.5 Å². The molecule has 0 saturated heterocycles. The number of nitrogens with zero attached hydrogens (tertiary/aromatic N) is 5. The first-order valence-electron chi connectivity index (χ1n) is 7.47. The molecule has 0 aliphatic rings. The van der Waals surface area contributed by atoms with Crippen LogP contribution < -0.4 is 4.74 Å². The first kappa shape index (κ1) is 14.3. The number of hydrogen-bond acceptors (Lipinski definition) is 6. The minimum absolute atomic E-state index is 0.180. The van der Waals surface area contributed by atoms with Gasteiger partial charge in [-0.25, -0.2) is 19.9 Å². The Morgan fingerprint density at radius 2 is 1.92 bits per heavy atom. The lowest BCUT2D eigenvalue weighted by atomic mass is 10.1. The van der Waals surface area contributed by atoms with Crippen LogP contribution in [0.1, 0.15) is 18.7 Å². The van der Waals surface area contributed by atoms with Gasteiger partial charge in [0.15, 0.2) is 0 Å². The van der Waals surface area contributed by atoms with Crippen LogP contribution in [0.5, 0.6) is 5.75 Å². The van der Waals surface area contributed by atoms with Crippen LogP contribution in [0.2, 0.25) is 0 Å². The summed E-state index contributed by atoms with van der Waals surface area (Å²) in [6.07, 6.45) is 8.01. The average molecular weight is 318 g/mol. The molecule has 0 radical (unpaired) electrons. The Kier molecular flexibility index (Phi) is 3.59. The van der Waals surface area contributed by atoms with E-state index in [0.29, 0.717) is 0 Å². The van der Waals surface area contributed by atoms with E-state index in [1.165, 1.54) is 12.7 Å². The number of hydrogen-bond donors (Lipinski definition) is 1. The van der Waals surface area contributed by atoms with Crippen molar-refractivity contribution in [1.82, 2.24) is 30.1 Å². The third kappa shape index (κ3) is 2.67. The van der Waals surface area contributed by atoms with E-state index >= 15 is 0 Å². The van der Waals surface area contributed by atoms with Crippen LogP contribution in [0, 0.1) is 0 Å². The second-order valence-corrected chi connectivity index (χ2v) is 5.30. The van der Waals surface area contributed by atoms with E-state index in [2.05, 4.69) is 30.1 Å². The molecule has 0 aliphatic carbocycles. The highest BCUT2D eigenvalue weighted by molar-refractivity contribution is 5.93. The van der Waals surface area contributed by atoms with Gasteiger partial charge in [0.1, 0.15) is 30.2 Å². The summed E-state index contributed by atoms with van der Waals surface area (Å²) in [6.45, 7) is 1.95. The van der Waals surface area contributed by atoms with Crippen LogP contribution >= 0.6 is 0 Å². The smallest absolute Gasteiger partial charge is 0.138 e. The molecule has 0 bridgehead atoms. The van der Waals surface area contributed by atoms with Gasteiger partial charge >= 0.3 is 0 Å². The van der Waals surface area contributed by atoms with Crippen molar-refractivity contribution in [3.05, 3.63) is 61.2 Å². The maximum absolute atomic E-state index is 6.01. The van der Waals surface area contributed by atoms with Gasteiger partial charge < -0.3 is 4.74 Å². The van der Waals surface area contributed by atoms with Gasteiger partial charge in [-0.15, -0.1) is 0 Å². The van der Waals surface area contributed by atoms with Crippen molar-refractivity contribution in [1.29, 1.82) is 0 Å². The second-order valence-electron chi connectivity index (χ2n) is 5.30. The van der Waals surface area contributed by atoms with Crippen LogP contribution in [-0.4, -0.2) is 30.1 Å². The van der Waals surface area contributed by atoms with E-state index in [-0.39, 0.29) is 6.10 Å². The summed E-state index contributed by atoms with van der Waals surface area (Å²) in [4.78, 5) is 16.2. The van der Waals surface area contributed by atoms with Crippen LogP contribution in [0.25, 0.3) is 22.2 Å². The van der Waals surface area contributed by atoms with E-state index in [4.69, 9.17) is 4.74 Å². The van der Waals surface area contributed by atoms with Crippen molar-refractivity contribution in [2.45, 2.75) is 13.0 Å². The molecular weight excluding hydrogens is 304 g/mol. The van der Waals surface area contributed by atoms with Gasteiger partial charge in [-0.3, -0.25) is 5.10 Å². The van der Waals surface area contributed by atoms with E-state index in [1.54, 1.807) is 18.6 Å². The van der Waals surface area contributed by atoms with E-state index in [9.17, 15) is 0 Å². The van der Waals surface area contributed by atoms with Crippen molar-refractivity contribution in [2.24, 2.45) is 0 Å². The summed E-state index contributed by atoms with van der Waals surface area (Å²) in [7, 11) is 0. The third-order valence-electron chi connectivity index (χ3n) is 3.70. The van der Waals surface area contributed by atoms with Crippen LogP contribution in [0.3, 0.4) is 0 Å². The highest BCUT2D eigenvalue weighted by Crippen LogP contribution is 2.30. The standard InChI is InChI=1S/C17H14N6O/c1-11(15-4-5-18-10-21-15)24-13-2-3-16-14(6-13)17(23-22-16)12-7-19-9-20-8-12/h2-11H,1H3,(H,22,23). The number of nitrogens with one attached hydrogen (secondary N) is 1. The van der Waals surface area contributed by atoms with Crippen molar-refractivity contribution in [3.8, 4) is 17.0 Å². The molecular formula is C17H14N6O. The summed E-state index contributed by atoms with van der Waals surface area (Å²) < 4.78 is 6.01. The maximum atomic E-state index is 6.01. The van der Waals surface area contributed by atoms with E-state index in [0.717, 1.165) is 33.6 Å². The van der Waals surface area contributed by atoms with E-state index < -0.39 is 0 Å². The Balaban J connectivity index is 1.68. The number of benzene rings is 1. The minimum Gasteiger partial charge on any atom is -0.484 e. The molecule has 0 spiro atoms. The summed E-state index contributed by atoms with van der Waals surface area (Å²) in [5.74, 6) is 0.744. The quantitative estimate of drug-likeness (QED) is 0.622. The van der Waals surface area contributed by atoms with Gasteiger partial charge in [0.25, 0.3) is 0 Å². The lowest BCUT2D eigenvalue weighted by molar-refractivity contribution is 0.222. The molecule has 4 rings (SSSR count). The van der Waals surface area contributed by atoms with Crippen LogP contribution in [0.4, 0.5) is 0 Å². The number of aromatic amines is 1. The molecule has 0 amide bonds. The highest BCUT2D eigenvalue weighted by atomic mass is 16.5. The molecule has 0 fully saturated rings. The third-order valence-corrected chi connectivity index (χ3v) is 3.70. The summed E-state index contributed by atoms with van der Waals surface area (Å²) in [5.41, 5.74) is 3.40. The first-order valence-corrected chi connectivity index (χ1v) is 7.47. The van der Waals surface area contributed by atoms with Crippen molar-refractivity contribution < 1.29 is 4.74 Å². The Morgan fingerprint density at radius 3 is 2.71 bits per heavy atom. The predicted molar refractivity (Wildman–Crippen MR) is 88.2 cm³/mol.